The lowest BCUT2D eigenvalue weighted by molar-refractivity contribution is 0.555. The van der Waals surface area contributed by atoms with Gasteiger partial charge in [0.05, 0.1) is 0 Å². The Morgan fingerprint density at radius 1 is 1.31 bits per heavy atom. The standard InChI is InChI=1S/C11H11BrO3S/c1-2-16(13,14)7-10-5-8-3-4-9(12)6-11(8)15-10/h3-6H,2,7H2,1H3. The minimum Gasteiger partial charge on any atom is -0.460 e. The van der Waals surface area contributed by atoms with Crippen LogP contribution in [-0.2, 0) is 15.6 Å². The third-order valence-corrected chi connectivity index (χ3v) is 4.43. The van der Waals surface area contributed by atoms with Crippen LogP contribution in [0.5, 0.6) is 0 Å². The third kappa shape index (κ3) is 2.47. The molecule has 0 N–H and O–H groups in total. The average Bonchev–Trinajstić information content (AvgIpc) is 2.58. The quantitative estimate of drug-likeness (QED) is 0.875. The van der Waals surface area contributed by atoms with E-state index in [0.717, 1.165) is 9.86 Å². The van der Waals surface area contributed by atoms with Crippen LogP contribution >= 0.6 is 15.9 Å². The van der Waals surface area contributed by atoms with Gasteiger partial charge in [0, 0.05) is 15.6 Å². The van der Waals surface area contributed by atoms with E-state index in [1.165, 1.54) is 0 Å². The molecule has 0 saturated carbocycles. The molecule has 0 amide bonds. The van der Waals surface area contributed by atoms with Crippen molar-refractivity contribution in [1.82, 2.24) is 0 Å². The van der Waals surface area contributed by atoms with Crippen LogP contribution in [0.3, 0.4) is 0 Å². The van der Waals surface area contributed by atoms with Crippen molar-refractivity contribution in [1.29, 1.82) is 0 Å². The second kappa shape index (κ2) is 4.22. The maximum Gasteiger partial charge on any atom is 0.157 e. The Labute approximate surface area is 102 Å². The fourth-order valence-corrected chi connectivity index (χ4v) is 2.57. The van der Waals surface area contributed by atoms with Crippen LogP contribution < -0.4 is 0 Å². The monoisotopic (exact) mass is 302 g/mol. The molecule has 3 nitrogen and oxygen atoms in total. The van der Waals surface area contributed by atoms with Gasteiger partial charge in [-0.3, -0.25) is 0 Å². The molecule has 0 atom stereocenters. The van der Waals surface area contributed by atoms with Gasteiger partial charge in [-0.1, -0.05) is 22.9 Å². The highest BCUT2D eigenvalue weighted by molar-refractivity contribution is 9.10. The molecule has 1 aromatic heterocycles. The van der Waals surface area contributed by atoms with Crippen LogP contribution in [0, 0.1) is 0 Å². The minimum atomic E-state index is -3.04. The second-order valence-corrected chi connectivity index (χ2v) is 6.84. The van der Waals surface area contributed by atoms with E-state index in [1.54, 1.807) is 13.0 Å². The molecule has 0 unspecified atom stereocenters. The molecule has 2 aromatic rings. The first-order chi connectivity index (χ1) is 7.50. The Hall–Kier alpha value is -0.810. The molecule has 0 fully saturated rings. The number of fused-ring (bicyclic) bond motifs is 1. The lowest BCUT2D eigenvalue weighted by Gasteiger charge is -1.95. The van der Waals surface area contributed by atoms with Crippen molar-refractivity contribution in [3.63, 3.8) is 0 Å². The topological polar surface area (TPSA) is 47.3 Å². The summed E-state index contributed by atoms with van der Waals surface area (Å²) in [7, 11) is -3.04. The van der Waals surface area contributed by atoms with Gasteiger partial charge in [0.25, 0.3) is 0 Å². The number of sulfone groups is 1. The molecule has 0 spiro atoms. The Morgan fingerprint density at radius 2 is 2.06 bits per heavy atom. The highest BCUT2D eigenvalue weighted by atomic mass is 79.9. The molecule has 16 heavy (non-hydrogen) atoms. The van der Waals surface area contributed by atoms with E-state index in [4.69, 9.17) is 4.42 Å². The van der Waals surface area contributed by atoms with Crippen LogP contribution in [0.25, 0.3) is 11.0 Å². The molecule has 0 aliphatic heterocycles. The maximum atomic E-state index is 11.4. The molecule has 1 aromatic carbocycles. The summed E-state index contributed by atoms with van der Waals surface area (Å²) in [6, 6.07) is 7.40. The first kappa shape index (κ1) is 11.7. The predicted octanol–water partition coefficient (Wildman–Crippen LogP) is 3.13. The summed E-state index contributed by atoms with van der Waals surface area (Å²) >= 11 is 3.34. The second-order valence-electron chi connectivity index (χ2n) is 3.57. The van der Waals surface area contributed by atoms with E-state index < -0.39 is 9.84 Å². The van der Waals surface area contributed by atoms with E-state index in [-0.39, 0.29) is 11.5 Å². The first-order valence-corrected chi connectivity index (χ1v) is 7.50. The van der Waals surface area contributed by atoms with Crippen LogP contribution in [0.1, 0.15) is 12.7 Å². The molecular formula is C11H11BrO3S. The molecule has 86 valence electrons. The van der Waals surface area contributed by atoms with Crippen molar-refractivity contribution in [2.75, 3.05) is 5.75 Å². The molecular weight excluding hydrogens is 292 g/mol. The highest BCUT2D eigenvalue weighted by Crippen LogP contribution is 2.24. The van der Waals surface area contributed by atoms with Crippen molar-refractivity contribution in [3.05, 3.63) is 34.5 Å². The normalized spacial score (nSPS) is 12.1. The fourth-order valence-electron chi connectivity index (χ4n) is 1.45. The van der Waals surface area contributed by atoms with Crippen molar-refractivity contribution in [2.45, 2.75) is 12.7 Å². The number of halogens is 1. The maximum absolute atomic E-state index is 11.4. The van der Waals surface area contributed by atoms with Gasteiger partial charge in [0.1, 0.15) is 17.1 Å². The summed E-state index contributed by atoms with van der Waals surface area (Å²) in [4.78, 5) is 0. The van der Waals surface area contributed by atoms with Gasteiger partial charge in [-0.25, -0.2) is 8.42 Å². The van der Waals surface area contributed by atoms with E-state index in [0.29, 0.717) is 11.3 Å². The molecule has 2 rings (SSSR count). The fraction of sp³-hybridized carbons (Fsp3) is 0.273. The number of benzene rings is 1. The average molecular weight is 303 g/mol. The van der Waals surface area contributed by atoms with Gasteiger partial charge in [-0.15, -0.1) is 0 Å². The third-order valence-electron chi connectivity index (χ3n) is 2.34. The molecule has 1 heterocycles. The van der Waals surface area contributed by atoms with Gasteiger partial charge in [-0.05, 0) is 24.3 Å². The van der Waals surface area contributed by atoms with Gasteiger partial charge >= 0.3 is 0 Å². The van der Waals surface area contributed by atoms with Crippen LogP contribution in [0.2, 0.25) is 0 Å². The van der Waals surface area contributed by atoms with E-state index in [9.17, 15) is 8.42 Å². The van der Waals surface area contributed by atoms with E-state index in [1.807, 2.05) is 18.2 Å². The molecule has 0 radical (unpaired) electrons. The summed E-state index contributed by atoms with van der Waals surface area (Å²) in [5.74, 6) is 0.596. The summed E-state index contributed by atoms with van der Waals surface area (Å²) in [6.45, 7) is 1.63. The van der Waals surface area contributed by atoms with E-state index in [2.05, 4.69) is 15.9 Å². The zero-order valence-corrected chi connectivity index (χ0v) is 11.1. The van der Waals surface area contributed by atoms with Crippen LogP contribution in [-0.4, -0.2) is 14.2 Å². The van der Waals surface area contributed by atoms with Crippen molar-refractivity contribution in [2.24, 2.45) is 0 Å². The minimum absolute atomic E-state index is 0.0319. The van der Waals surface area contributed by atoms with Crippen LogP contribution in [0.15, 0.2) is 33.2 Å². The first-order valence-electron chi connectivity index (χ1n) is 4.88. The van der Waals surface area contributed by atoms with Crippen LogP contribution in [0.4, 0.5) is 0 Å². The smallest absolute Gasteiger partial charge is 0.157 e. The lowest BCUT2D eigenvalue weighted by atomic mass is 10.2. The summed E-state index contributed by atoms with van der Waals surface area (Å²) in [5.41, 5.74) is 0.704. The summed E-state index contributed by atoms with van der Waals surface area (Å²) in [5, 5.41) is 0.921. The number of hydrogen-bond acceptors (Lipinski definition) is 3. The van der Waals surface area contributed by atoms with Gasteiger partial charge < -0.3 is 4.42 Å². The zero-order chi connectivity index (χ0) is 11.8. The zero-order valence-electron chi connectivity index (χ0n) is 8.73. The largest absolute Gasteiger partial charge is 0.460 e. The Morgan fingerprint density at radius 3 is 2.75 bits per heavy atom. The van der Waals surface area contributed by atoms with E-state index >= 15 is 0 Å². The molecule has 5 heteroatoms. The summed E-state index contributed by atoms with van der Waals surface area (Å²) in [6.07, 6.45) is 0. The van der Waals surface area contributed by atoms with Crippen molar-refractivity contribution in [3.8, 4) is 0 Å². The Balaban J connectivity index is 2.40. The molecule has 0 aliphatic carbocycles. The Bertz CT molecular complexity index is 613. The van der Waals surface area contributed by atoms with Gasteiger partial charge in [0.15, 0.2) is 9.84 Å². The molecule has 0 saturated heterocycles. The van der Waals surface area contributed by atoms with Crippen molar-refractivity contribution < 1.29 is 12.8 Å². The molecule has 0 aliphatic rings. The van der Waals surface area contributed by atoms with Crippen molar-refractivity contribution >= 4 is 36.7 Å². The SMILES string of the molecule is CCS(=O)(=O)Cc1cc2ccc(Br)cc2o1. The number of hydrogen-bond donors (Lipinski definition) is 0. The van der Waals surface area contributed by atoms with Gasteiger partial charge in [0.2, 0.25) is 0 Å². The molecule has 0 bridgehead atoms. The highest BCUT2D eigenvalue weighted by Gasteiger charge is 2.13. The number of rotatable bonds is 3. The lowest BCUT2D eigenvalue weighted by Crippen LogP contribution is -2.05. The van der Waals surface area contributed by atoms with Gasteiger partial charge in [-0.2, -0.15) is 0 Å². The number of furan rings is 1. The predicted molar refractivity (Wildman–Crippen MR) is 67.1 cm³/mol. The summed E-state index contributed by atoms with van der Waals surface area (Å²) < 4.78 is 29.3. The Kier molecular flexibility index (Phi) is 3.08.